The van der Waals surface area contributed by atoms with E-state index in [0.717, 1.165) is 32.0 Å². The van der Waals surface area contributed by atoms with E-state index < -0.39 is 0 Å². The fraction of sp³-hybridized carbons (Fsp3) is 0.500. The van der Waals surface area contributed by atoms with Crippen molar-refractivity contribution in [1.82, 2.24) is 5.32 Å². The first-order valence-electron chi connectivity index (χ1n) is 5.53. The monoisotopic (exact) mass is 427 g/mol. The number of ether oxygens (including phenoxy) is 1. The highest BCUT2D eigenvalue weighted by atomic mass is 79.9. The van der Waals surface area contributed by atoms with Crippen LogP contribution in [0.2, 0.25) is 0 Å². The number of rotatable bonds is 6. The van der Waals surface area contributed by atoms with Crippen LogP contribution in [0.25, 0.3) is 0 Å². The molecule has 1 aromatic rings. The maximum absolute atomic E-state index is 5.85. The molecule has 0 amide bonds. The van der Waals surface area contributed by atoms with Crippen LogP contribution in [-0.2, 0) is 0 Å². The highest BCUT2D eigenvalue weighted by molar-refractivity contribution is 9.11. The maximum Gasteiger partial charge on any atom is 0.147 e. The van der Waals surface area contributed by atoms with Gasteiger partial charge in [-0.2, -0.15) is 0 Å². The van der Waals surface area contributed by atoms with E-state index in [-0.39, 0.29) is 0 Å². The summed E-state index contributed by atoms with van der Waals surface area (Å²) in [6.07, 6.45) is 2.26. The van der Waals surface area contributed by atoms with Crippen molar-refractivity contribution < 1.29 is 4.74 Å². The molecular formula is C12H16Br3NO. The van der Waals surface area contributed by atoms with E-state index in [2.05, 4.69) is 60.0 Å². The van der Waals surface area contributed by atoms with Gasteiger partial charge >= 0.3 is 0 Å². The second-order valence-electron chi connectivity index (χ2n) is 3.78. The molecule has 0 heterocycles. The lowest BCUT2D eigenvalue weighted by molar-refractivity contribution is 0.260. The smallest absolute Gasteiger partial charge is 0.147 e. The van der Waals surface area contributed by atoms with Crippen molar-refractivity contribution in [1.29, 1.82) is 0 Å². The first-order chi connectivity index (χ1) is 8.08. The first kappa shape index (κ1) is 15.5. The van der Waals surface area contributed by atoms with Crippen LogP contribution in [0.4, 0.5) is 0 Å². The molecule has 0 saturated carbocycles. The normalized spacial score (nSPS) is 12.5. The molecule has 0 saturated heterocycles. The van der Waals surface area contributed by atoms with Crippen LogP contribution in [0.15, 0.2) is 25.6 Å². The molecule has 0 radical (unpaired) electrons. The molecule has 5 heteroatoms. The Hall–Kier alpha value is 0.420. The Morgan fingerprint density at radius 2 is 1.82 bits per heavy atom. The van der Waals surface area contributed by atoms with Crippen LogP contribution >= 0.6 is 47.8 Å². The Kier molecular flexibility index (Phi) is 7.07. The lowest BCUT2D eigenvalue weighted by Gasteiger charge is -2.17. The number of hydrogen-bond donors (Lipinski definition) is 1. The van der Waals surface area contributed by atoms with Crippen molar-refractivity contribution in [2.24, 2.45) is 0 Å². The van der Waals surface area contributed by atoms with Crippen LogP contribution in [0.1, 0.15) is 19.8 Å². The van der Waals surface area contributed by atoms with E-state index in [9.17, 15) is 0 Å². The Morgan fingerprint density at radius 1 is 1.24 bits per heavy atom. The first-order valence-corrected chi connectivity index (χ1v) is 7.91. The third kappa shape index (κ3) is 4.89. The van der Waals surface area contributed by atoms with Gasteiger partial charge in [0.1, 0.15) is 12.4 Å². The van der Waals surface area contributed by atoms with E-state index in [4.69, 9.17) is 4.74 Å². The molecule has 2 nitrogen and oxygen atoms in total. The molecule has 96 valence electrons. The van der Waals surface area contributed by atoms with Crippen LogP contribution in [0.3, 0.4) is 0 Å². The molecule has 0 aliphatic heterocycles. The Balaban J connectivity index is 2.68. The van der Waals surface area contributed by atoms with Gasteiger partial charge in [-0.25, -0.2) is 0 Å². The van der Waals surface area contributed by atoms with Crippen LogP contribution < -0.4 is 10.1 Å². The van der Waals surface area contributed by atoms with Gasteiger partial charge in [0, 0.05) is 10.5 Å². The van der Waals surface area contributed by atoms with Gasteiger partial charge in [-0.15, -0.1) is 0 Å². The minimum absolute atomic E-state index is 0.391. The van der Waals surface area contributed by atoms with Gasteiger partial charge in [-0.05, 0) is 57.5 Å². The SMILES string of the molecule is CCCC(COc1c(Br)cc(Br)cc1Br)NC. The van der Waals surface area contributed by atoms with Gasteiger partial charge in [-0.1, -0.05) is 29.3 Å². The third-order valence-corrected chi connectivity index (χ3v) is 4.07. The molecule has 0 fully saturated rings. The second-order valence-corrected chi connectivity index (χ2v) is 6.41. The number of likely N-dealkylation sites (N-methyl/N-ethyl adjacent to an activating group) is 1. The fourth-order valence-corrected chi connectivity index (χ4v) is 4.00. The summed E-state index contributed by atoms with van der Waals surface area (Å²) in [5.74, 6) is 0.851. The Labute approximate surface area is 128 Å². The predicted octanol–water partition coefficient (Wildman–Crippen LogP) is 4.74. The number of hydrogen-bond acceptors (Lipinski definition) is 2. The van der Waals surface area contributed by atoms with Crippen molar-refractivity contribution >= 4 is 47.8 Å². The predicted molar refractivity (Wildman–Crippen MR) is 82.8 cm³/mol. The Bertz CT molecular complexity index is 348. The molecule has 0 bridgehead atoms. The van der Waals surface area contributed by atoms with Crippen molar-refractivity contribution in [3.8, 4) is 5.75 Å². The van der Waals surface area contributed by atoms with Crippen LogP contribution in [-0.4, -0.2) is 19.7 Å². The summed E-state index contributed by atoms with van der Waals surface area (Å²) < 4.78 is 8.77. The van der Waals surface area contributed by atoms with Gasteiger partial charge in [0.05, 0.1) is 8.95 Å². The van der Waals surface area contributed by atoms with Gasteiger partial charge in [0.15, 0.2) is 0 Å². The van der Waals surface area contributed by atoms with E-state index in [1.807, 2.05) is 19.2 Å². The summed E-state index contributed by atoms with van der Waals surface area (Å²) in [6.45, 7) is 2.85. The number of halogens is 3. The topological polar surface area (TPSA) is 21.3 Å². The van der Waals surface area contributed by atoms with Gasteiger partial charge < -0.3 is 10.1 Å². The zero-order valence-corrected chi connectivity index (χ0v) is 14.7. The summed E-state index contributed by atoms with van der Waals surface area (Å²) >= 11 is 10.4. The molecule has 1 atom stereocenters. The second kappa shape index (κ2) is 7.77. The van der Waals surface area contributed by atoms with Crippen molar-refractivity contribution in [3.63, 3.8) is 0 Å². The molecule has 1 rings (SSSR count). The minimum Gasteiger partial charge on any atom is -0.490 e. The summed E-state index contributed by atoms with van der Waals surface area (Å²) in [5.41, 5.74) is 0. The lowest BCUT2D eigenvalue weighted by Crippen LogP contribution is -2.31. The fourth-order valence-electron chi connectivity index (χ4n) is 1.51. The van der Waals surface area contributed by atoms with Gasteiger partial charge in [-0.3, -0.25) is 0 Å². The average molecular weight is 430 g/mol. The number of benzene rings is 1. The summed E-state index contributed by atoms with van der Waals surface area (Å²) in [6, 6.07) is 4.35. The molecule has 0 aromatic heterocycles. The third-order valence-electron chi connectivity index (χ3n) is 2.44. The van der Waals surface area contributed by atoms with Crippen molar-refractivity contribution in [3.05, 3.63) is 25.6 Å². The van der Waals surface area contributed by atoms with E-state index in [0.29, 0.717) is 12.6 Å². The average Bonchev–Trinajstić information content (AvgIpc) is 2.26. The van der Waals surface area contributed by atoms with Crippen molar-refractivity contribution in [2.45, 2.75) is 25.8 Å². The van der Waals surface area contributed by atoms with Gasteiger partial charge in [0.25, 0.3) is 0 Å². The molecule has 0 spiro atoms. The molecular weight excluding hydrogens is 414 g/mol. The van der Waals surface area contributed by atoms with Gasteiger partial charge in [0.2, 0.25) is 0 Å². The van der Waals surface area contributed by atoms with Crippen LogP contribution in [0.5, 0.6) is 5.75 Å². The Morgan fingerprint density at radius 3 is 2.29 bits per heavy atom. The molecule has 0 aliphatic rings. The largest absolute Gasteiger partial charge is 0.490 e. The zero-order chi connectivity index (χ0) is 12.8. The maximum atomic E-state index is 5.85. The number of nitrogens with one attached hydrogen (secondary N) is 1. The van der Waals surface area contributed by atoms with E-state index in [1.54, 1.807) is 0 Å². The van der Waals surface area contributed by atoms with Crippen molar-refractivity contribution in [2.75, 3.05) is 13.7 Å². The lowest BCUT2D eigenvalue weighted by atomic mass is 10.2. The van der Waals surface area contributed by atoms with E-state index >= 15 is 0 Å². The highest BCUT2D eigenvalue weighted by Crippen LogP contribution is 2.36. The van der Waals surface area contributed by atoms with E-state index in [1.165, 1.54) is 0 Å². The van der Waals surface area contributed by atoms with Crippen LogP contribution in [0, 0.1) is 0 Å². The standard InChI is InChI=1S/C12H16Br3NO/c1-3-4-9(16-2)7-17-12-10(14)5-8(13)6-11(12)15/h5-6,9,16H,3-4,7H2,1-2H3. The minimum atomic E-state index is 0.391. The highest BCUT2D eigenvalue weighted by Gasteiger charge is 2.11. The molecule has 1 aromatic carbocycles. The molecule has 1 N–H and O–H groups in total. The molecule has 17 heavy (non-hydrogen) atoms. The summed E-state index contributed by atoms with van der Waals surface area (Å²) in [5, 5.41) is 3.26. The molecule has 1 unspecified atom stereocenters. The quantitative estimate of drug-likeness (QED) is 0.705. The zero-order valence-electron chi connectivity index (χ0n) is 9.90. The summed E-state index contributed by atoms with van der Waals surface area (Å²) in [4.78, 5) is 0. The summed E-state index contributed by atoms with van der Waals surface area (Å²) in [7, 11) is 1.97. The molecule has 0 aliphatic carbocycles.